The van der Waals surface area contributed by atoms with Crippen LogP contribution in [0.15, 0.2) is 33.8 Å². The minimum absolute atomic E-state index is 0.276. The molecule has 0 aliphatic carbocycles. The van der Waals surface area contributed by atoms with Crippen LogP contribution in [-0.4, -0.2) is 20.9 Å². The van der Waals surface area contributed by atoms with E-state index in [1.165, 1.54) is 6.92 Å². The molecule has 0 aliphatic heterocycles. The van der Waals surface area contributed by atoms with Gasteiger partial charge in [-0.3, -0.25) is 14.9 Å². The molecular weight excluding hydrogens is 290 g/mol. The normalized spacial score (nSPS) is 12.3. The van der Waals surface area contributed by atoms with Crippen LogP contribution >= 0.6 is 11.6 Å². The molecule has 0 saturated heterocycles. The van der Waals surface area contributed by atoms with Gasteiger partial charge >= 0.3 is 0 Å². The number of phenolic OH excluding ortho intramolecular Hbond substituents is 1. The highest BCUT2D eigenvalue weighted by molar-refractivity contribution is 6.32. The average molecular weight is 300 g/mol. The predicted molar refractivity (Wildman–Crippen MR) is 70.3 cm³/mol. The van der Waals surface area contributed by atoms with Crippen LogP contribution in [0.4, 0.5) is 11.4 Å². The van der Waals surface area contributed by atoms with Crippen LogP contribution in [0.2, 0.25) is 5.02 Å². The summed E-state index contributed by atoms with van der Waals surface area (Å²) in [7, 11) is 0. The van der Waals surface area contributed by atoms with Crippen molar-refractivity contribution in [2.45, 2.75) is 13.8 Å². The van der Waals surface area contributed by atoms with E-state index in [0.717, 1.165) is 19.1 Å². The number of nitro benzene ring substituents is 1. The Balaban J connectivity index is 3.31. The van der Waals surface area contributed by atoms with Crippen LogP contribution in [0.3, 0.4) is 0 Å². The van der Waals surface area contributed by atoms with Crippen molar-refractivity contribution in [1.82, 2.24) is 0 Å². The molecule has 106 valence electrons. The largest absolute Gasteiger partial charge is 0.510 e. The summed E-state index contributed by atoms with van der Waals surface area (Å²) in [6, 6.07) is 1.89. The van der Waals surface area contributed by atoms with Gasteiger partial charge in [0, 0.05) is 19.1 Å². The predicted octanol–water partition coefficient (Wildman–Crippen LogP) is 3.42. The quantitative estimate of drug-likeness (QED) is 0.289. The lowest BCUT2D eigenvalue weighted by Crippen LogP contribution is -1.96. The van der Waals surface area contributed by atoms with E-state index in [4.69, 9.17) is 11.6 Å². The number of phenols is 1. The van der Waals surface area contributed by atoms with E-state index in [0.29, 0.717) is 0 Å². The number of azo groups is 1. The lowest BCUT2D eigenvalue weighted by Gasteiger charge is -2.01. The fraction of sp³-hybridized carbons (Fsp3) is 0.182. The number of aliphatic hydroxyl groups excluding tert-OH is 1. The van der Waals surface area contributed by atoms with Crippen LogP contribution < -0.4 is 0 Å². The molecule has 0 unspecified atom stereocenters. The Hall–Kier alpha value is -2.48. The smallest absolute Gasteiger partial charge is 0.273 e. The van der Waals surface area contributed by atoms with Crippen molar-refractivity contribution >= 4 is 28.8 Å². The minimum atomic E-state index is -0.719. The lowest BCUT2D eigenvalue weighted by molar-refractivity contribution is -0.384. The second kappa shape index (κ2) is 6.11. The number of ketones is 1. The number of Topliss-reactive ketones (excluding diaryl/α,β-unsaturated/α-hetero) is 1. The van der Waals surface area contributed by atoms with Crippen LogP contribution in [0, 0.1) is 10.1 Å². The molecule has 0 amide bonds. The first-order chi connectivity index (χ1) is 9.23. The molecule has 0 spiro atoms. The summed E-state index contributed by atoms with van der Waals surface area (Å²) in [6.07, 6.45) is 0. The van der Waals surface area contributed by atoms with Gasteiger partial charge in [0.1, 0.15) is 11.4 Å². The van der Waals surface area contributed by atoms with Crippen molar-refractivity contribution in [3.63, 3.8) is 0 Å². The number of halogens is 1. The summed E-state index contributed by atoms with van der Waals surface area (Å²) in [5, 5.41) is 36.2. The Kier molecular flexibility index (Phi) is 4.76. The number of nitrogens with zero attached hydrogens (tertiary/aromatic N) is 3. The first-order valence-corrected chi connectivity index (χ1v) is 5.61. The maximum Gasteiger partial charge on any atom is 0.273 e. The topological polar surface area (TPSA) is 125 Å². The Morgan fingerprint density at radius 3 is 2.45 bits per heavy atom. The third-order valence-electron chi connectivity index (χ3n) is 2.17. The molecule has 0 aromatic heterocycles. The lowest BCUT2D eigenvalue weighted by atomic mass is 10.2. The molecule has 0 aliphatic rings. The number of nitro groups is 1. The number of hydrogen-bond acceptors (Lipinski definition) is 7. The molecule has 0 saturated carbocycles. The number of allylic oxidation sites excluding steroid dienone is 2. The highest BCUT2D eigenvalue weighted by atomic mass is 35.5. The van der Waals surface area contributed by atoms with Crippen molar-refractivity contribution in [1.29, 1.82) is 0 Å². The molecule has 9 heteroatoms. The number of carbonyl (C=O) groups excluding carboxylic acids is 1. The zero-order valence-corrected chi connectivity index (χ0v) is 11.2. The van der Waals surface area contributed by atoms with Gasteiger partial charge in [0.25, 0.3) is 5.69 Å². The van der Waals surface area contributed by atoms with Gasteiger partial charge in [-0.25, -0.2) is 0 Å². The van der Waals surface area contributed by atoms with E-state index in [1.54, 1.807) is 0 Å². The van der Waals surface area contributed by atoms with Gasteiger partial charge in [-0.1, -0.05) is 11.6 Å². The molecule has 0 bridgehead atoms. The van der Waals surface area contributed by atoms with Gasteiger partial charge in [0.2, 0.25) is 0 Å². The van der Waals surface area contributed by atoms with Crippen LogP contribution in [0.5, 0.6) is 5.75 Å². The van der Waals surface area contributed by atoms with Crippen molar-refractivity contribution in [3.8, 4) is 5.75 Å². The number of hydrogen-bond donors (Lipinski definition) is 2. The number of aliphatic hydroxyl groups is 1. The fourth-order valence-electron chi connectivity index (χ4n) is 1.25. The van der Waals surface area contributed by atoms with Gasteiger partial charge in [0.15, 0.2) is 17.2 Å². The van der Waals surface area contributed by atoms with Crippen molar-refractivity contribution < 1.29 is 19.9 Å². The highest BCUT2D eigenvalue weighted by Gasteiger charge is 2.15. The SMILES string of the molecule is CC(=O)C(N=Nc1cc([N+](=O)[O-])cc(Cl)c1O)=C(C)O. The second-order valence-corrected chi connectivity index (χ2v) is 4.15. The molecule has 1 rings (SSSR count). The standard InChI is InChI=1S/C11H10ClN3O5/c1-5(16)10(6(2)17)14-13-9-4-7(15(19)20)3-8(12)11(9)18/h3-4,16,18H,1-2H3. The van der Waals surface area contributed by atoms with E-state index >= 15 is 0 Å². The van der Waals surface area contributed by atoms with E-state index in [9.17, 15) is 25.1 Å². The Morgan fingerprint density at radius 2 is 2.00 bits per heavy atom. The number of rotatable bonds is 4. The number of non-ortho nitro benzene ring substituents is 1. The molecule has 0 atom stereocenters. The monoisotopic (exact) mass is 299 g/mol. The van der Waals surface area contributed by atoms with Gasteiger partial charge < -0.3 is 10.2 Å². The molecule has 1 aromatic carbocycles. The summed E-state index contributed by atoms with van der Waals surface area (Å²) in [5.74, 6) is -1.43. The maximum absolute atomic E-state index is 11.2. The first kappa shape index (κ1) is 15.6. The van der Waals surface area contributed by atoms with Gasteiger partial charge in [-0.15, -0.1) is 10.2 Å². The van der Waals surface area contributed by atoms with Crippen molar-refractivity contribution in [2.24, 2.45) is 10.2 Å². The molecule has 8 nitrogen and oxygen atoms in total. The van der Waals surface area contributed by atoms with E-state index < -0.39 is 22.1 Å². The van der Waals surface area contributed by atoms with Crippen molar-refractivity contribution in [3.05, 3.63) is 38.7 Å². The minimum Gasteiger partial charge on any atom is -0.510 e. The van der Waals surface area contributed by atoms with Gasteiger partial charge in [0.05, 0.1) is 9.95 Å². The highest BCUT2D eigenvalue weighted by Crippen LogP contribution is 2.38. The number of benzene rings is 1. The summed E-state index contributed by atoms with van der Waals surface area (Å²) in [5.41, 5.74) is -1.01. The summed E-state index contributed by atoms with van der Waals surface area (Å²) < 4.78 is 0. The van der Waals surface area contributed by atoms with Gasteiger partial charge in [-0.05, 0) is 6.92 Å². The molecule has 1 aromatic rings. The third kappa shape index (κ3) is 3.51. The Bertz CT molecular complexity index is 635. The van der Waals surface area contributed by atoms with E-state index in [2.05, 4.69) is 10.2 Å². The van der Waals surface area contributed by atoms with Crippen molar-refractivity contribution in [2.75, 3.05) is 0 Å². The molecule has 0 heterocycles. The van der Waals surface area contributed by atoms with E-state index in [-0.39, 0.29) is 22.2 Å². The summed E-state index contributed by atoms with van der Waals surface area (Å²) in [6.45, 7) is 2.39. The zero-order chi connectivity index (χ0) is 15.4. The molecule has 20 heavy (non-hydrogen) atoms. The average Bonchev–Trinajstić information content (AvgIpc) is 2.33. The van der Waals surface area contributed by atoms with E-state index in [1.807, 2.05) is 0 Å². The molecule has 2 N–H and O–H groups in total. The summed E-state index contributed by atoms with van der Waals surface area (Å²) in [4.78, 5) is 21.1. The fourth-order valence-corrected chi connectivity index (χ4v) is 1.46. The molecule has 0 radical (unpaired) electrons. The summed E-state index contributed by atoms with van der Waals surface area (Å²) >= 11 is 5.62. The molecular formula is C11H10ClN3O5. The first-order valence-electron chi connectivity index (χ1n) is 5.23. The maximum atomic E-state index is 11.2. The number of aromatic hydroxyl groups is 1. The second-order valence-electron chi connectivity index (χ2n) is 3.74. The van der Waals surface area contributed by atoms with Crippen LogP contribution in [0.1, 0.15) is 13.8 Å². The zero-order valence-electron chi connectivity index (χ0n) is 10.5. The molecule has 0 fully saturated rings. The Morgan fingerprint density at radius 1 is 1.40 bits per heavy atom. The third-order valence-corrected chi connectivity index (χ3v) is 2.46. The number of carbonyl (C=O) groups is 1. The van der Waals surface area contributed by atoms with Crippen LogP contribution in [-0.2, 0) is 4.79 Å². The van der Waals surface area contributed by atoms with Gasteiger partial charge in [-0.2, -0.15) is 0 Å². The Labute approximate surface area is 118 Å². The van der Waals surface area contributed by atoms with Crippen LogP contribution in [0.25, 0.3) is 0 Å².